The van der Waals surface area contributed by atoms with E-state index in [2.05, 4.69) is 32.0 Å². The zero-order valence-electron chi connectivity index (χ0n) is 17.4. The van der Waals surface area contributed by atoms with Crippen LogP contribution in [-0.4, -0.2) is 40.8 Å². The van der Waals surface area contributed by atoms with Gasteiger partial charge in [0.25, 0.3) is 0 Å². The van der Waals surface area contributed by atoms with Crippen LogP contribution in [-0.2, 0) is 5.54 Å². The van der Waals surface area contributed by atoms with Gasteiger partial charge >= 0.3 is 0 Å². The minimum Gasteiger partial charge on any atom is -0.342 e. The predicted molar refractivity (Wildman–Crippen MR) is 113 cm³/mol. The Morgan fingerprint density at radius 3 is 2.72 bits per heavy atom. The molecule has 1 fully saturated rings. The van der Waals surface area contributed by atoms with E-state index in [9.17, 15) is 8.78 Å². The first-order valence-corrected chi connectivity index (χ1v) is 10.7. The van der Waals surface area contributed by atoms with Crippen LogP contribution in [0.4, 0.5) is 14.6 Å². The smallest absolute Gasteiger partial charge is 0.237 e. The van der Waals surface area contributed by atoms with Gasteiger partial charge in [0.15, 0.2) is 11.6 Å². The van der Waals surface area contributed by atoms with Crippen LogP contribution in [0.15, 0.2) is 43.1 Å². The second-order valence-corrected chi connectivity index (χ2v) is 8.18. The maximum atomic E-state index is 13.8. The van der Waals surface area contributed by atoms with Crippen LogP contribution in [0.2, 0.25) is 0 Å². The van der Waals surface area contributed by atoms with E-state index in [-0.39, 0.29) is 5.54 Å². The quantitative estimate of drug-likeness (QED) is 0.488. The molecule has 6 rings (SSSR count). The van der Waals surface area contributed by atoms with E-state index >= 15 is 0 Å². The number of hydrogen-bond donors (Lipinski definition) is 0. The molecule has 0 bridgehead atoms. The molecule has 0 amide bonds. The molecule has 5 heterocycles. The number of fused-ring (bicyclic) bond motifs is 6. The molecular formula is C22H20F2N8. The monoisotopic (exact) mass is 434 g/mol. The van der Waals surface area contributed by atoms with Crippen molar-refractivity contribution in [2.24, 2.45) is 0 Å². The van der Waals surface area contributed by atoms with Gasteiger partial charge in [-0.05, 0) is 37.8 Å². The van der Waals surface area contributed by atoms with Crippen molar-refractivity contribution in [1.29, 1.82) is 0 Å². The van der Waals surface area contributed by atoms with Crippen LogP contribution in [0, 0.1) is 11.6 Å². The Balaban J connectivity index is 1.52. The first-order chi connectivity index (χ1) is 15.6. The number of rotatable bonds is 3. The van der Waals surface area contributed by atoms with Crippen LogP contribution >= 0.6 is 0 Å². The van der Waals surface area contributed by atoms with E-state index in [1.165, 1.54) is 12.1 Å². The lowest BCUT2D eigenvalue weighted by Crippen LogP contribution is -2.53. The number of imidazole rings is 1. The van der Waals surface area contributed by atoms with Gasteiger partial charge in [0.2, 0.25) is 5.95 Å². The number of piperidine rings is 1. The van der Waals surface area contributed by atoms with Gasteiger partial charge in [-0.2, -0.15) is 4.98 Å². The summed E-state index contributed by atoms with van der Waals surface area (Å²) in [4.78, 5) is 16.1. The summed E-state index contributed by atoms with van der Waals surface area (Å²) in [5.74, 6) is 1.14. The Morgan fingerprint density at radius 2 is 1.91 bits per heavy atom. The number of benzene rings is 1. The van der Waals surface area contributed by atoms with E-state index in [0.29, 0.717) is 17.3 Å². The Bertz CT molecular complexity index is 1310. The summed E-state index contributed by atoms with van der Waals surface area (Å²) in [5, 5.41) is 8.63. The van der Waals surface area contributed by atoms with Crippen LogP contribution in [0.25, 0.3) is 23.0 Å². The lowest BCUT2D eigenvalue weighted by molar-refractivity contribution is 0.274. The van der Waals surface area contributed by atoms with Crippen molar-refractivity contribution in [2.75, 3.05) is 11.4 Å². The summed E-state index contributed by atoms with van der Waals surface area (Å²) in [6.07, 6.45) is 10.7. The fourth-order valence-electron chi connectivity index (χ4n) is 5.04. The number of aromatic nitrogens is 7. The Labute approximate surface area is 182 Å². The minimum absolute atomic E-state index is 0.267. The van der Waals surface area contributed by atoms with E-state index < -0.39 is 11.6 Å². The molecule has 0 saturated carbocycles. The maximum Gasteiger partial charge on any atom is 0.237 e. The van der Waals surface area contributed by atoms with Crippen molar-refractivity contribution >= 4 is 5.82 Å². The number of hydrogen-bond acceptors (Lipinski definition) is 6. The van der Waals surface area contributed by atoms with Crippen molar-refractivity contribution in [3.8, 4) is 23.0 Å². The molecule has 32 heavy (non-hydrogen) atoms. The summed E-state index contributed by atoms with van der Waals surface area (Å²) in [5.41, 5.74) is 0.866. The third-order valence-electron chi connectivity index (χ3n) is 6.52. The highest BCUT2D eigenvalue weighted by molar-refractivity contribution is 5.65. The molecule has 0 radical (unpaired) electrons. The normalized spacial score (nSPS) is 19.4. The maximum absolute atomic E-state index is 13.8. The van der Waals surface area contributed by atoms with E-state index in [0.717, 1.165) is 55.6 Å². The summed E-state index contributed by atoms with van der Waals surface area (Å²) in [6, 6.07) is 3.33. The minimum atomic E-state index is -0.665. The fourth-order valence-corrected chi connectivity index (χ4v) is 5.04. The van der Waals surface area contributed by atoms with Crippen LogP contribution in [0.1, 0.15) is 38.4 Å². The average Bonchev–Trinajstić information content (AvgIpc) is 3.48. The summed E-state index contributed by atoms with van der Waals surface area (Å²) in [7, 11) is 0. The molecule has 162 valence electrons. The molecular weight excluding hydrogens is 414 g/mol. The zero-order valence-corrected chi connectivity index (χ0v) is 17.4. The lowest BCUT2D eigenvalue weighted by atomic mass is 9.82. The predicted octanol–water partition coefficient (Wildman–Crippen LogP) is 3.80. The van der Waals surface area contributed by atoms with Gasteiger partial charge in [-0.1, -0.05) is 6.92 Å². The molecule has 0 aliphatic carbocycles. The molecule has 4 aromatic rings. The average molecular weight is 434 g/mol. The molecule has 1 saturated heterocycles. The third kappa shape index (κ3) is 2.61. The molecule has 10 heteroatoms. The van der Waals surface area contributed by atoms with Crippen LogP contribution in [0.3, 0.4) is 0 Å². The van der Waals surface area contributed by atoms with Crippen LogP contribution in [0.5, 0.6) is 0 Å². The Morgan fingerprint density at radius 1 is 1.06 bits per heavy atom. The summed E-state index contributed by atoms with van der Waals surface area (Å²) < 4.78 is 31.3. The van der Waals surface area contributed by atoms with Crippen molar-refractivity contribution in [1.82, 2.24) is 34.3 Å². The molecule has 0 N–H and O–H groups in total. The van der Waals surface area contributed by atoms with Crippen molar-refractivity contribution < 1.29 is 8.78 Å². The largest absolute Gasteiger partial charge is 0.342 e. The third-order valence-corrected chi connectivity index (χ3v) is 6.52. The summed E-state index contributed by atoms with van der Waals surface area (Å²) in [6.45, 7) is 3.02. The number of nitrogens with zero attached hydrogens (tertiary/aromatic N) is 8. The van der Waals surface area contributed by atoms with E-state index in [4.69, 9.17) is 4.98 Å². The standard InChI is InChI=1S/C22H20F2N8/c1-2-22-5-3-4-7-32(22)19-17(31-13-27-29-20(22)31)12-26-21(28-19)30-8-6-25-18(30)14-9-15(23)11-16(24)10-14/h6,8-13H,2-5,7H2,1H3. The van der Waals surface area contributed by atoms with Crippen molar-refractivity contribution in [3.05, 3.63) is 60.6 Å². The van der Waals surface area contributed by atoms with E-state index in [1.54, 1.807) is 29.5 Å². The second-order valence-electron chi connectivity index (χ2n) is 8.18. The fraction of sp³-hybridized carbons (Fsp3) is 0.318. The van der Waals surface area contributed by atoms with Crippen LogP contribution < -0.4 is 4.90 Å². The van der Waals surface area contributed by atoms with Gasteiger partial charge in [0.05, 0.1) is 6.20 Å². The first kappa shape index (κ1) is 19.0. The highest BCUT2D eigenvalue weighted by Crippen LogP contribution is 2.47. The molecule has 0 spiro atoms. The molecule has 2 aliphatic rings. The van der Waals surface area contributed by atoms with Gasteiger partial charge in [-0.3, -0.25) is 9.13 Å². The Hall–Kier alpha value is -3.69. The number of anilines is 1. The second kappa shape index (κ2) is 6.91. The van der Waals surface area contributed by atoms with Gasteiger partial charge < -0.3 is 4.90 Å². The van der Waals surface area contributed by atoms with Gasteiger partial charge in [-0.25, -0.2) is 18.7 Å². The molecule has 2 aliphatic heterocycles. The Kier molecular flexibility index (Phi) is 4.11. The lowest BCUT2D eigenvalue weighted by Gasteiger charge is -2.49. The van der Waals surface area contributed by atoms with Gasteiger partial charge in [0, 0.05) is 30.6 Å². The molecule has 1 unspecified atom stereocenters. The van der Waals surface area contributed by atoms with Crippen molar-refractivity contribution in [2.45, 2.75) is 38.1 Å². The van der Waals surface area contributed by atoms with Gasteiger partial charge in [-0.15, -0.1) is 10.2 Å². The number of halogens is 2. The summed E-state index contributed by atoms with van der Waals surface area (Å²) >= 11 is 0. The molecule has 8 nitrogen and oxygen atoms in total. The van der Waals surface area contributed by atoms with Gasteiger partial charge in [0.1, 0.15) is 35.0 Å². The van der Waals surface area contributed by atoms with Crippen molar-refractivity contribution in [3.63, 3.8) is 0 Å². The first-order valence-electron chi connectivity index (χ1n) is 10.7. The molecule has 3 aromatic heterocycles. The zero-order chi connectivity index (χ0) is 21.9. The molecule has 1 atom stereocenters. The highest BCUT2D eigenvalue weighted by atomic mass is 19.1. The topological polar surface area (TPSA) is 77.5 Å². The SMILES string of the molecule is CCC12CCCCN1c1nc(-n3ccnc3-c3cc(F)cc(F)c3)ncc1-n1cnnc12. The molecule has 1 aromatic carbocycles. The van der Waals surface area contributed by atoms with E-state index in [1.807, 2.05) is 4.57 Å². The highest BCUT2D eigenvalue weighted by Gasteiger charge is 2.47.